The summed E-state index contributed by atoms with van der Waals surface area (Å²) in [6.45, 7) is 0. The van der Waals surface area contributed by atoms with Gasteiger partial charge in [-0.1, -0.05) is 21.6 Å². The molecule has 1 amide bonds. The van der Waals surface area contributed by atoms with Gasteiger partial charge in [0.05, 0.1) is 0 Å². The Morgan fingerprint density at radius 1 is 1.69 bits per heavy atom. The summed E-state index contributed by atoms with van der Waals surface area (Å²) < 4.78 is 0. The van der Waals surface area contributed by atoms with E-state index in [2.05, 4.69) is 0 Å². The van der Waals surface area contributed by atoms with E-state index < -0.39 is 18.1 Å². The highest BCUT2D eigenvalue weighted by Gasteiger charge is 2.53. The summed E-state index contributed by atoms with van der Waals surface area (Å²) in [4.78, 5) is 23.3. The summed E-state index contributed by atoms with van der Waals surface area (Å²) in [5, 5.41) is 8.66. The van der Waals surface area contributed by atoms with Crippen LogP contribution in [0.3, 0.4) is 0 Å². The molecular formula is C6H8N2O3S2. The van der Waals surface area contributed by atoms with Crippen molar-refractivity contribution >= 4 is 33.5 Å². The van der Waals surface area contributed by atoms with Crippen LogP contribution in [-0.2, 0) is 9.59 Å². The second-order valence-electron chi connectivity index (χ2n) is 2.90. The second-order valence-corrected chi connectivity index (χ2v) is 5.43. The number of aliphatic carboxylic acids is 1. The summed E-state index contributed by atoms with van der Waals surface area (Å²) in [6, 6.07) is -1.21. The number of carboxylic acids is 1. The Hall–Kier alpha value is -0.400. The smallest absolute Gasteiger partial charge is 0.327 e. The molecule has 2 heterocycles. The number of nitrogens with zero attached hydrogens (tertiary/aromatic N) is 1. The van der Waals surface area contributed by atoms with Crippen molar-refractivity contribution in [3.05, 3.63) is 0 Å². The number of carboxylic acid groups (broad SMARTS) is 1. The number of rotatable bonds is 1. The fraction of sp³-hybridized carbons (Fsp3) is 0.667. The number of hydrogen-bond acceptors (Lipinski definition) is 5. The van der Waals surface area contributed by atoms with Crippen molar-refractivity contribution in [3.8, 4) is 0 Å². The number of hydrogen-bond donors (Lipinski definition) is 2. The molecule has 0 aromatic rings. The van der Waals surface area contributed by atoms with Gasteiger partial charge in [0, 0.05) is 5.75 Å². The molecule has 0 bridgehead atoms. The van der Waals surface area contributed by atoms with E-state index in [1.165, 1.54) is 26.5 Å². The van der Waals surface area contributed by atoms with Gasteiger partial charge in [0.15, 0.2) is 0 Å². The van der Waals surface area contributed by atoms with Crippen LogP contribution in [0.2, 0.25) is 0 Å². The molecular weight excluding hydrogens is 212 g/mol. The Bertz CT molecular complexity index is 273. The van der Waals surface area contributed by atoms with Crippen LogP contribution in [0, 0.1) is 0 Å². The Balaban J connectivity index is 2.16. The average molecular weight is 220 g/mol. The van der Waals surface area contributed by atoms with Crippen LogP contribution in [0.15, 0.2) is 0 Å². The van der Waals surface area contributed by atoms with Gasteiger partial charge in [0.25, 0.3) is 0 Å². The van der Waals surface area contributed by atoms with Crippen LogP contribution in [0.25, 0.3) is 0 Å². The van der Waals surface area contributed by atoms with E-state index in [4.69, 9.17) is 10.8 Å². The molecule has 2 fully saturated rings. The Morgan fingerprint density at radius 2 is 2.38 bits per heavy atom. The number of fused-ring (bicyclic) bond motifs is 1. The maximum absolute atomic E-state index is 11.2. The van der Waals surface area contributed by atoms with Crippen molar-refractivity contribution < 1.29 is 14.7 Å². The normalized spacial score (nSPS) is 38.1. The molecule has 0 aliphatic carbocycles. The largest absolute Gasteiger partial charge is 0.480 e. The first-order valence-corrected chi connectivity index (χ1v) is 6.10. The van der Waals surface area contributed by atoms with Gasteiger partial charge >= 0.3 is 5.97 Å². The van der Waals surface area contributed by atoms with Gasteiger partial charge in [-0.05, 0) is 0 Å². The molecule has 2 aliphatic rings. The molecule has 72 valence electrons. The molecule has 2 aliphatic heterocycles. The zero-order chi connectivity index (χ0) is 9.59. The maximum atomic E-state index is 11.2. The van der Waals surface area contributed by atoms with Gasteiger partial charge in [0.2, 0.25) is 5.91 Å². The third-order valence-electron chi connectivity index (χ3n) is 2.13. The van der Waals surface area contributed by atoms with Crippen molar-refractivity contribution in [2.24, 2.45) is 5.73 Å². The van der Waals surface area contributed by atoms with Crippen LogP contribution in [0.4, 0.5) is 0 Å². The van der Waals surface area contributed by atoms with Crippen molar-refractivity contribution in [2.45, 2.75) is 17.5 Å². The van der Waals surface area contributed by atoms with Gasteiger partial charge in [-0.15, -0.1) is 0 Å². The zero-order valence-corrected chi connectivity index (χ0v) is 8.18. The van der Waals surface area contributed by atoms with Crippen LogP contribution in [0.5, 0.6) is 0 Å². The van der Waals surface area contributed by atoms with Crippen LogP contribution >= 0.6 is 21.6 Å². The second kappa shape index (κ2) is 3.07. The molecule has 7 heteroatoms. The standard InChI is InChI=1S/C6H8N2O3S2/c7-3-4(9)8-2(6(10)11)1-12-13-5(3)8/h2-3,5H,1,7H2,(H,10,11)/t2?,3?,5-/m1/s1. The molecule has 2 unspecified atom stereocenters. The van der Waals surface area contributed by atoms with Crippen LogP contribution in [-0.4, -0.2) is 45.1 Å². The van der Waals surface area contributed by atoms with Crippen molar-refractivity contribution in [2.75, 3.05) is 5.75 Å². The minimum atomic E-state index is -0.946. The summed E-state index contributed by atoms with van der Waals surface area (Å²) in [5.74, 6) is -0.752. The quantitative estimate of drug-likeness (QED) is 0.450. The first-order chi connectivity index (χ1) is 6.13. The lowest BCUT2D eigenvalue weighted by Crippen LogP contribution is -2.72. The van der Waals surface area contributed by atoms with E-state index in [9.17, 15) is 9.59 Å². The molecule has 3 N–H and O–H groups in total. The summed E-state index contributed by atoms with van der Waals surface area (Å²) >= 11 is 0. The predicted octanol–water partition coefficient (Wildman–Crippen LogP) is -0.670. The molecule has 13 heavy (non-hydrogen) atoms. The lowest BCUT2D eigenvalue weighted by molar-refractivity contribution is -0.158. The maximum Gasteiger partial charge on any atom is 0.327 e. The Kier molecular flexibility index (Phi) is 2.17. The van der Waals surface area contributed by atoms with Gasteiger partial charge in [-0.2, -0.15) is 0 Å². The SMILES string of the molecule is NC1C(=O)N2C(C(=O)O)CSS[C@H]12. The van der Waals surface area contributed by atoms with E-state index >= 15 is 0 Å². The molecule has 0 radical (unpaired) electrons. The highest BCUT2D eigenvalue weighted by Crippen LogP contribution is 2.43. The fourth-order valence-electron chi connectivity index (χ4n) is 1.39. The topological polar surface area (TPSA) is 83.6 Å². The van der Waals surface area contributed by atoms with Gasteiger partial charge < -0.3 is 15.7 Å². The molecule has 0 spiro atoms. The third kappa shape index (κ3) is 1.22. The van der Waals surface area contributed by atoms with Crippen molar-refractivity contribution in [1.29, 1.82) is 0 Å². The Morgan fingerprint density at radius 3 is 3.00 bits per heavy atom. The van der Waals surface area contributed by atoms with Crippen molar-refractivity contribution in [3.63, 3.8) is 0 Å². The van der Waals surface area contributed by atoms with E-state index in [1.54, 1.807) is 0 Å². The summed E-state index contributed by atoms with van der Waals surface area (Å²) in [7, 11) is 2.94. The molecule has 3 atom stereocenters. The van der Waals surface area contributed by atoms with Crippen LogP contribution < -0.4 is 5.73 Å². The number of amides is 1. The summed E-state index contributed by atoms with van der Waals surface area (Å²) in [5.41, 5.74) is 5.52. The monoisotopic (exact) mass is 220 g/mol. The molecule has 0 aromatic heterocycles. The first kappa shape index (κ1) is 9.17. The van der Waals surface area contributed by atoms with E-state index in [0.717, 1.165) is 0 Å². The van der Waals surface area contributed by atoms with Gasteiger partial charge in [0.1, 0.15) is 17.5 Å². The minimum absolute atomic E-state index is 0.146. The molecule has 0 aromatic carbocycles. The highest BCUT2D eigenvalue weighted by molar-refractivity contribution is 8.77. The molecule has 0 saturated carbocycles. The summed E-state index contributed by atoms with van der Waals surface area (Å²) in [6.07, 6.45) is 0. The Labute approximate surface area is 82.4 Å². The van der Waals surface area contributed by atoms with Crippen molar-refractivity contribution in [1.82, 2.24) is 4.90 Å². The number of carbonyl (C=O) groups is 2. The lowest BCUT2D eigenvalue weighted by atomic mass is 10.1. The fourth-order valence-corrected chi connectivity index (χ4v) is 4.30. The molecule has 2 rings (SSSR count). The molecule has 5 nitrogen and oxygen atoms in total. The highest BCUT2D eigenvalue weighted by atomic mass is 33.1. The van der Waals surface area contributed by atoms with Gasteiger partial charge in [-0.3, -0.25) is 4.79 Å². The predicted molar refractivity (Wildman–Crippen MR) is 50.1 cm³/mol. The average Bonchev–Trinajstić information content (AvgIpc) is 2.15. The third-order valence-corrected chi connectivity index (χ3v) is 4.85. The number of β-lactam (4-membered cyclic amide) rings is 1. The minimum Gasteiger partial charge on any atom is -0.480 e. The lowest BCUT2D eigenvalue weighted by Gasteiger charge is -2.49. The number of carbonyl (C=O) groups excluding carboxylic acids is 1. The molecule has 2 saturated heterocycles. The first-order valence-electron chi connectivity index (χ1n) is 3.72. The van der Waals surface area contributed by atoms with Gasteiger partial charge in [-0.25, -0.2) is 4.79 Å². The number of nitrogens with two attached hydrogens (primary N) is 1. The van der Waals surface area contributed by atoms with Crippen LogP contribution in [0.1, 0.15) is 0 Å². The zero-order valence-electron chi connectivity index (χ0n) is 6.54. The van der Waals surface area contributed by atoms with E-state index in [0.29, 0.717) is 5.75 Å². The van der Waals surface area contributed by atoms with E-state index in [-0.39, 0.29) is 11.3 Å². The van der Waals surface area contributed by atoms with E-state index in [1.807, 2.05) is 0 Å².